The molecule has 0 aromatic rings. The average Bonchev–Trinajstić information content (AvgIpc) is 1.86. The van der Waals surface area contributed by atoms with E-state index < -0.39 is 0 Å². The molecule has 2 rings (SSSR count). The zero-order chi connectivity index (χ0) is 6.27. The standard InChI is InChI=1S/C9H14/c1-7-6-8-4-2-3-5-9(7)8/h7H,2-6H2,1H3/t7-/m1/s1. The van der Waals surface area contributed by atoms with Crippen molar-refractivity contribution in [2.45, 2.75) is 39.0 Å². The van der Waals surface area contributed by atoms with Crippen LogP contribution in [0.15, 0.2) is 11.1 Å². The van der Waals surface area contributed by atoms with Gasteiger partial charge in [0.2, 0.25) is 0 Å². The summed E-state index contributed by atoms with van der Waals surface area (Å²) in [6.45, 7) is 2.37. The van der Waals surface area contributed by atoms with Crippen molar-refractivity contribution < 1.29 is 0 Å². The summed E-state index contributed by atoms with van der Waals surface area (Å²) < 4.78 is 0. The first kappa shape index (κ1) is 5.52. The highest BCUT2D eigenvalue weighted by atomic mass is 14.3. The van der Waals surface area contributed by atoms with E-state index in [4.69, 9.17) is 0 Å². The molecule has 2 aliphatic carbocycles. The Morgan fingerprint density at radius 1 is 1.22 bits per heavy atom. The minimum absolute atomic E-state index is 0.959. The van der Waals surface area contributed by atoms with Crippen molar-refractivity contribution in [1.82, 2.24) is 0 Å². The molecule has 0 radical (unpaired) electrons. The Bertz CT molecular complexity index is 153. The summed E-state index contributed by atoms with van der Waals surface area (Å²) in [4.78, 5) is 0. The van der Waals surface area contributed by atoms with Gasteiger partial charge in [-0.05, 0) is 38.0 Å². The Kier molecular flexibility index (Phi) is 1.14. The molecule has 9 heavy (non-hydrogen) atoms. The fraction of sp³-hybridized carbons (Fsp3) is 0.778. The topological polar surface area (TPSA) is 0 Å². The Balaban J connectivity index is 2.17. The van der Waals surface area contributed by atoms with Crippen LogP contribution in [-0.4, -0.2) is 0 Å². The number of rotatable bonds is 0. The molecule has 0 saturated carbocycles. The van der Waals surface area contributed by atoms with E-state index in [-0.39, 0.29) is 0 Å². The predicted molar refractivity (Wildman–Crippen MR) is 39.3 cm³/mol. The molecule has 50 valence electrons. The highest BCUT2D eigenvalue weighted by Crippen LogP contribution is 2.43. The van der Waals surface area contributed by atoms with Crippen molar-refractivity contribution in [2.75, 3.05) is 0 Å². The van der Waals surface area contributed by atoms with Crippen molar-refractivity contribution >= 4 is 0 Å². The summed E-state index contributed by atoms with van der Waals surface area (Å²) in [5.41, 5.74) is 3.63. The highest BCUT2D eigenvalue weighted by molar-refractivity contribution is 5.29. The van der Waals surface area contributed by atoms with Gasteiger partial charge in [-0.3, -0.25) is 0 Å². The first-order valence-corrected chi connectivity index (χ1v) is 4.08. The molecule has 0 heterocycles. The Morgan fingerprint density at radius 2 is 2.00 bits per heavy atom. The number of hydrogen-bond acceptors (Lipinski definition) is 0. The molecular formula is C9H14. The summed E-state index contributed by atoms with van der Waals surface area (Å²) in [7, 11) is 0. The highest BCUT2D eigenvalue weighted by Gasteiger charge is 2.26. The summed E-state index contributed by atoms with van der Waals surface area (Å²) in [6.07, 6.45) is 7.21. The van der Waals surface area contributed by atoms with Gasteiger partial charge in [-0.1, -0.05) is 18.1 Å². The van der Waals surface area contributed by atoms with Gasteiger partial charge in [0.25, 0.3) is 0 Å². The lowest BCUT2D eigenvalue weighted by Gasteiger charge is -2.34. The Hall–Kier alpha value is -0.260. The van der Waals surface area contributed by atoms with Crippen molar-refractivity contribution in [3.05, 3.63) is 11.1 Å². The van der Waals surface area contributed by atoms with Gasteiger partial charge >= 0.3 is 0 Å². The minimum Gasteiger partial charge on any atom is -0.0701 e. The molecule has 0 unspecified atom stereocenters. The summed E-state index contributed by atoms with van der Waals surface area (Å²) >= 11 is 0. The van der Waals surface area contributed by atoms with E-state index >= 15 is 0 Å². The average molecular weight is 122 g/mol. The van der Waals surface area contributed by atoms with Crippen molar-refractivity contribution in [2.24, 2.45) is 5.92 Å². The van der Waals surface area contributed by atoms with Gasteiger partial charge in [-0.2, -0.15) is 0 Å². The van der Waals surface area contributed by atoms with Crippen LogP contribution in [0.1, 0.15) is 39.0 Å². The molecular weight excluding hydrogens is 108 g/mol. The monoisotopic (exact) mass is 122 g/mol. The zero-order valence-corrected chi connectivity index (χ0v) is 6.11. The fourth-order valence-electron chi connectivity index (χ4n) is 2.18. The van der Waals surface area contributed by atoms with Crippen LogP contribution >= 0.6 is 0 Å². The Labute approximate surface area is 57.0 Å². The molecule has 0 fully saturated rings. The van der Waals surface area contributed by atoms with E-state index in [1.807, 2.05) is 11.1 Å². The van der Waals surface area contributed by atoms with Crippen molar-refractivity contribution in [3.8, 4) is 0 Å². The molecule has 0 amide bonds. The lowest BCUT2D eigenvalue weighted by molar-refractivity contribution is 0.473. The van der Waals surface area contributed by atoms with Gasteiger partial charge in [0, 0.05) is 0 Å². The van der Waals surface area contributed by atoms with Crippen LogP contribution in [-0.2, 0) is 0 Å². The van der Waals surface area contributed by atoms with Gasteiger partial charge in [0.15, 0.2) is 0 Å². The minimum atomic E-state index is 0.959. The van der Waals surface area contributed by atoms with Crippen LogP contribution in [0.3, 0.4) is 0 Å². The first-order valence-electron chi connectivity index (χ1n) is 4.08. The van der Waals surface area contributed by atoms with Crippen LogP contribution in [0.2, 0.25) is 0 Å². The zero-order valence-electron chi connectivity index (χ0n) is 6.11. The molecule has 0 heteroatoms. The lowest BCUT2D eigenvalue weighted by Crippen LogP contribution is -2.18. The molecule has 0 aliphatic heterocycles. The SMILES string of the molecule is C[C@@H]1CC2=C1CCCC2. The maximum Gasteiger partial charge on any atom is -0.0192 e. The van der Waals surface area contributed by atoms with Crippen LogP contribution < -0.4 is 0 Å². The maximum absolute atomic E-state index is 2.37. The van der Waals surface area contributed by atoms with Crippen LogP contribution in [0, 0.1) is 5.92 Å². The fourth-order valence-corrected chi connectivity index (χ4v) is 2.18. The van der Waals surface area contributed by atoms with E-state index in [1.165, 1.54) is 32.1 Å². The van der Waals surface area contributed by atoms with Crippen LogP contribution in [0.5, 0.6) is 0 Å². The second-order valence-corrected chi connectivity index (χ2v) is 3.44. The predicted octanol–water partition coefficient (Wildman–Crippen LogP) is 2.90. The molecule has 0 saturated heterocycles. The van der Waals surface area contributed by atoms with Crippen LogP contribution in [0.4, 0.5) is 0 Å². The third-order valence-corrected chi connectivity index (χ3v) is 2.78. The lowest BCUT2D eigenvalue weighted by atomic mass is 9.71. The quantitative estimate of drug-likeness (QED) is 0.433. The molecule has 0 nitrogen and oxygen atoms in total. The third kappa shape index (κ3) is 0.726. The van der Waals surface area contributed by atoms with Crippen LogP contribution in [0.25, 0.3) is 0 Å². The van der Waals surface area contributed by atoms with E-state index in [2.05, 4.69) is 6.92 Å². The van der Waals surface area contributed by atoms with E-state index in [9.17, 15) is 0 Å². The first-order chi connectivity index (χ1) is 4.38. The molecule has 0 N–H and O–H groups in total. The van der Waals surface area contributed by atoms with Gasteiger partial charge < -0.3 is 0 Å². The molecule has 0 spiro atoms. The van der Waals surface area contributed by atoms with E-state index in [0.717, 1.165) is 5.92 Å². The maximum atomic E-state index is 2.37. The molecule has 0 aromatic heterocycles. The molecule has 1 atom stereocenters. The molecule has 0 bridgehead atoms. The van der Waals surface area contributed by atoms with Gasteiger partial charge in [-0.15, -0.1) is 0 Å². The summed E-state index contributed by atoms with van der Waals surface area (Å²) in [6, 6.07) is 0. The van der Waals surface area contributed by atoms with Gasteiger partial charge in [-0.25, -0.2) is 0 Å². The summed E-state index contributed by atoms with van der Waals surface area (Å²) in [5.74, 6) is 0.959. The normalized spacial score (nSPS) is 33.7. The molecule has 0 aromatic carbocycles. The van der Waals surface area contributed by atoms with Crippen molar-refractivity contribution in [3.63, 3.8) is 0 Å². The second kappa shape index (κ2) is 1.86. The number of allylic oxidation sites excluding steroid dienone is 2. The van der Waals surface area contributed by atoms with E-state index in [1.54, 1.807) is 0 Å². The van der Waals surface area contributed by atoms with E-state index in [0.29, 0.717) is 0 Å². The molecule has 2 aliphatic rings. The smallest absolute Gasteiger partial charge is 0.0192 e. The van der Waals surface area contributed by atoms with Gasteiger partial charge in [0.1, 0.15) is 0 Å². The largest absolute Gasteiger partial charge is 0.0701 e. The van der Waals surface area contributed by atoms with Gasteiger partial charge in [0.05, 0.1) is 0 Å². The summed E-state index contributed by atoms with van der Waals surface area (Å²) in [5, 5.41) is 0. The van der Waals surface area contributed by atoms with Crippen molar-refractivity contribution in [1.29, 1.82) is 0 Å². The second-order valence-electron chi connectivity index (χ2n) is 3.44. The number of hydrogen-bond donors (Lipinski definition) is 0. The Morgan fingerprint density at radius 3 is 2.56 bits per heavy atom. The third-order valence-electron chi connectivity index (χ3n) is 2.78.